The summed E-state index contributed by atoms with van der Waals surface area (Å²) in [7, 11) is 1.48. The second kappa shape index (κ2) is 8.00. The number of ether oxygens (including phenoxy) is 2. The van der Waals surface area contributed by atoms with Gasteiger partial charge in [-0.3, -0.25) is 9.59 Å². The highest BCUT2D eigenvalue weighted by atomic mass is 79.9. The Morgan fingerprint density at radius 1 is 1.27 bits per heavy atom. The maximum Gasteiger partial charge on any atom is 0.308 e. The molecule has 9 heteroatoms. The van der Waals surface area contributed by atoms with Crippen LogP contribution in [0.5, 0.6) is 11.5 Å². The predicted octanol–water partition coefficient (Wildman–Crippen LogP) is 3.37. The van der Waals surface area contributed by atoms with E-state index in [1.165, 1.54) is 29.9 Å². The van der Waals surface area contributed by atoms with Crippen molar-refractivity contribution in [1.82, 2.24) is 14.6 Å². The zero-order valence-electron chi connectivity index (χ0n) is 16.3. The number of aryl methyl sites for hydroxylation is 1. The lowest BCUT2D eigenvalue weighted by Crippen LogP contribution is -2.23. The molecule has 30 heavy (non-hydrogen) atoms. The highest BCUT2D eigenvalue weighted by Crippen LogP contribution is 2.37. The van der Waals surface area contributed by atoms with Gasteiger partial charge in [-0.2, -0.15) is 9.50 Å². The number of fused-ring (bicyclic) bond motifs is 1. The molecule has 0 aliphatic rings. The average Bonchev–Trinajstić information content (AvgIpc) is 3.23. The number of rotatable bonds is 4. The summed E-state index contributed by atoms with van der Waals surface area (Å²) in [6, 6.07) is 11.3. The molecule has 0 spiro atoms. The van der Waals surface area contributed by atoms with Crippen molar-refractivity contribution in [2.75, 3.05) is 7.11 Å². The maximum absolute atomic E-state index is 12.8. The third-order valence-corrected chi connectivity index (χ3v) is 5.80. The highest BCUT2D eigenvalue weighted by Gasteiger charge is 2.15. The lowest BCUT2D eigenvalue weighted by atomic mass is 10.1. The van der Waals surface area contributed by atoms with Crippen molar-refractivity contribution in [2.45, 2.75) is 13.8 Å². The van der Waals surface area contributed by atoms with Crippen LogP contribution in [0.25, 0.3) is 22.4 Å². The smallest absolute Gasteiger partial charge is 0.308 e. The zero-order valence-corrected chi connectivity index (χ0v) is 18.7. The third kappa shape index (κ3) is 3.86. The van der Waals surface area contributed by atoms with Gasteiger partial charge in [-0.25, -0.2) is 0 Å². The Bertz CT molecular complexity index is 1390. The molecule has 0 N–H and O–H groups in total. The van der Waals surface area contributed by atoms with E-state index < -0.39 is 5.97 Å². The first-order chi connectivity index (χ1) is 14.4. The van der Waals surface area contributed by atoms with E-state index in [0.29, 0.717) is 31.1 Å². The predicted molar refractivity (Wildman–Crippen MR) is 118 cm³/mol. The van der Waals surface area contributed by atoms with Gasteiger partial charge in [0.05, 0.1) is 16.1 Å². The van der Waals surface area contributed by atoms with E-state index in [1.54, 1.807) is 18.2 Å². The molecule has 0 aliphatic heterocycles. The summed E-state index contributed by atoms with van der Waals surface area (Å²) in [5.74, 6) is 0.723. The molecule has 0 aliphatic carbocycles. The van der Waals surface area contributed by atoms with E-state index in [1.807, 2.05) is 31.2 Å². The molecule has 2 aromatic carbocycles. The van der Waals surface area contributed by atoms with Crippen molar-refractivity contribution < 1.29 is 14.3 Å². The van der Waals surface area contributed by atoms with Crippen LogP contribution in [0.1, 0.15) is 18.1 Å². The number of nitrogens with zero attached hydrogens (tertiary/aromatic N) is 3. The number of hydrogen-bond acceptors (Lipinski definition) is 7. The van der Waals surface area contributed by atoms with E-state index in [-0.39, 0.29) is 11.3 Å². The van der Waals surface area contributed by atoms with E-state index in [2.05, 4.69) is 26.0 Å². The Labute approximate surface area is 183 Å². The first-order valence-corrected chi connectivity index (χ1v) is 10.5. The SMILES string of the molecule is COc1cc(C=c2sc3nc(-c4cccc(C)c4)nn3c2=O)cc(Br)c1OC(C)=O. The largest absolute Gasteiger partial charge is 0.493 e. The lowest BCUT2D eigenvalue weighted by molar-refractivity contribution is -0.132. The van der Waals surface area contributed by atoms with Crippen LogP contribution in [0, 0.1) is 6.92 Å². The monoisotopic (exact) mass is 485 g/mol. The van der Waals surface area contributed by atoms with Gasteiger partial charge >= 0.3 is 5.97 Å². The second-order valence-corrected chi connectivity index (χ2v) is 8.41. The summed E-state index contributed by atoms with van der Waals surface area (Å²) in [6.45, 7) is 3.31. The molecule has 0 saturated heterocycles. The Balaban J connectivity index is 1.77. The molecule has 2 aromatic heterocycles. The summed E-state index contributed by atoms with van der Waals surface area (Å²) in [5, 5.41) is 4.38. The molecule has 0 unspecified atom stereocenters. The van der Waals surface area contributed by atoms with Crippen LogP contribution in [0.4, 0.5) is 0 Å². The number of halogens is 1. The van der Waals surface area contributed by atoms with Gasteiger partial charge in [0.2, 0.25) is 4.96 Å². The molecule has 152 valence electrons. The molecule has 0 amide bonds. The van der Waals surface area contributed by atoms with Crippen LogP contribution in [0.15, 0.2) is 45.7 Å². The Hall–Kier alpha value is -3.04. The lowest BCUT2D eigenvalue weighted by Gasteiger charge is -2.10. The third-order valence-electron chi connectivity index (χ3n) is 4.25. The van der Waals surface area contributed by atoms with Gasteiger partial charge in [0.15, 0.2) is 17.3 Å². The summed E-state index contributed by atoms with van der Waals surface area (Å²) < 4.78 is 12.8. The molecule has 4 aromatic rings. The fourth-order valence-electron chi connectivity index (χ4n) is 2.96. The number of thiazole rings is 1. The van der Waals surface area contributed by atoms with Crippen molar-refractivity contribution in [3.8, 4) is 22.9 Å². The number of aromatic nitrogens is 3. The van der Waals surface area contributed by atoms with E-state index in [0.717, 1.165) is 11.1 Å². The molecule has 0 atom stereocenters. The summed E-state index contributed by atoms with van der Waals surface area (Å²) in [6.07, 6.45) is 1.72. The first-order valence-electron chi connectivity index (χ1n) is 8.90. The number of carbonyl (C=O) groups is 1. The van der Waals surface area contributed by atoms with E-state index >= 15 is 0 Å². The number of carbonyl (C=O) groups excluding carboxylic acids is 1. The summed E-state index contributed by atoms with van der Waals surface area (Å²) in [5.41, 5.74) is 2.42. The zero-order chi connectivity index (χ0) is 21.4. The summed E-state index contributed by atoms with van der Waals surface area (Å²) in [4.78, 5) is 29.2. The topological polar surface area (TPSA) is 82.8 Å². The van der Waals surface area contributed by atoms with Gasteiger partial charge < -0.3 is 9.47 Å². The number of benzene rings is 2. The molecule has 4 rings (SSSR count). The van der Waals surface area contributed by atoms with Crippen molar-refractivity contribution in [2.24, 2.45) is 0 Å². The van der Waals surface area contributed by atoms with E-state index in [9.17, 15) is 9.59 Å². The minimum absolute atomic E-state index is 0.249. The van der Waals surface area contributed by atoms with Crippen molar-refractivity contribution in [3.63, 3.8) is 0 Å². The standard InChI is InChI=1S/C21H16BrN3O4S/c1-11-5-4-6-14(7-11)19-23-21-25(24-19)20(27)17(30-21)10-13-8-15(22)18(29-12(2)26)16(9-13)28-3/h4-10H,1-3H3. The van der Waals surface area contributed by atoms with Crippen molar-refractivity contribution >= 4 is 44.3 Å². The highest BCUT2D eigenvalue weighted by molar-refractivity contribution is 9.10. The van der Waals surface area contributed by atoms with Gasteiger partial charge in [-0.1, -0.05) is 35.1 Å². The maximum atomic E-state index is 12.8. The van der Waals surface area contributed by atoms with E-state index in [4.69, 9.17) is 9.47 Å². The van der Waals surface area contributed by atoms with Gasteiger partial charge in [0.1, 0.15) is 0 Å². The van der Waals surface area contributed by atoms with Crippen LogP contribution >= 0.6 is 27.3 Å². The first kappa shape index (κ1) is 20.2. The quantitative estimate of drug-likeness (QED) is 0.325. The van der Waals surface area contributed by atoms with Gasteiger partial charge in [0.25, 0.3) is 5.56 Å². The van der Waals surface area contributed by atoms with Crippen molar-refractivity contribution in [3.05, 3.63) is 66.9 Å². The fourth-order valence-corrected chi connectivity index (χ4v) is 4.41. The Morgan fingerprint density at radius 2 is 2.07 bits per heavy atom. The number of esters is 1. The molecule has 0 saturated carbocycles. The summed E-state index contributed by atoms with van der Waals surface area (Å²) >= 11 is 4.64. The molecule has 7 nitrogen and oxygen atoms in total. The number of hydrogen-bond donors (Lipinski definition) is 0. The minimum Gasteiger partial charge on any atom is -0.493 e. The van der Waals surface area contributed by atoms with Crippen LogP contribution in [0.2, 0.25) is 0 Å². The van der Waals surface area contributed by atoms with Crippen LogP contribution in [-0.2, 0) is 4.79 Å². The van der Waals surface area contributed by atoms with Crippen LogP contribution in [0.3, 0.4) is 0 Å². The Kier molecular flexibility index (Phi) is 5.40. The average molecular weight is 486 g/mol. The Morgan fingerprint density at radius 3 is 2.73 bits per heavy atom. The van der Waals surface area contributed by atoms with Gasteiger partial charge in [0, 0.05) is 12.5 Å². The van der Waals surface area contributed by atoms with Crippen molar-refractivity contribution in [1.29, 1.82) is 0 Å². The fraction of sp³-hybridized carbons (Fsp3) is 0.143. The van der Waals surface area contributed by atoms with Crippen LogP contribution < -0.4 is 19.6 Å². The molecule has 0 fully saturated rings. The second-order valence-electron chi connectivity index (χ2n) is 6.54. The molecule has 2 heterocycles. The van der Waals surface area contributed by atoms with Gasteiger partial charge in [-0.05, 0) is 52.7 Å². The number of methoxy groups -OCH3 is 1. The normalized spacial score (nSPS) is 11.8. The van der Waals surface area contributed by atoms with Gasteiger partial charge in [-0.15, -0.1) is 5.10 Å². The van der Waals surface area contributed by atoms with Crippen LogP contribution in [-0.4, -0.2) is 27.7 Å². The molecular formula is C21H16BrN3O4S. The molecular weight excluding hydrogens is 470 g/mol. The molecule has 0 radical (unpaired) electrons. The minimum atomic E-state index is -0.456. The molecule has 0 bridgehead atoms.